The van der Waals surface area contributed by atoms with Crippen LogP contribution < -0.4 is 0 Å². The van der Waals surface area contributed by atoms with Gasteiger partial charge in [-0.2, -0.15) is 0 Å². The first-order valence-corrected chi connectivity index (χ1v) is 7.15. The van der Waals surface area contributed by atoms with Crippen LogP contribution in [0.3, 0.4) is 0 Å². The lowest BCUT2D eigenvalue weighted by Crippen LogP contribution is -2.28. The van der Waals surface area contributed by atoms with Crippen molar-refractivity contribution in [3.05, 3.63) is 53.7 Å². The van der Waals surface area contributed by atoms with E-state index in [1.54, 1.807) is 0 Å². The Balaban J connectivity index is 2.68. The Morgan fingerprint density at radius 1 is 1.26 bits per heavy atom. The standard InChI is InChI=1S/C18H27N/c1-6-16(4)13-19(15(2)3)14-17(5)12-18-10-8-7-9-11-18/h7-12,16H,2,6,13-14H2,1,3-5H3/b17-12+. The predicted molar refractivity (Wildman–Crippen MR) is 85.9 cm³/mol. The topological polar surface area (TPSA) is 3.24 Å². The van der Waals surface area contributed by atoms with Gasteiger partial charge in [0.2, 0.25) is 0 Å². The van der Waals surface area contributed by atoms with Gasteiger partial charge in [0.1, 0.15) is 0 Å². The van der Waals surface area contributed by atoms with Crippen molar-refractivity contribution < 1.29 is 0 Å². The number of hydrogen-bond donors (Lipinski definition) is 0. The average Bonchev–Trinajstić information content (AvgIpc) is 2.38. The van der Waals surface area contributed by atoms with Crippen molar-refractivity contribution in [2.24, 2.45) is 5.92 Å². The second kappa shape index (κ2) is 7.83. The first-order chi connectivity index (χ1) is 9.02. The zero-order valence-electron chi connectivity index (χ0n) is 12.8. The molecule has 1 heteroatoms. The van der Waals surface area contributed by atoms with Gasteiger partial charge in [-0.1, -0.05) is 68.8 Å². The fourth-order valence-corrected chi connectivity index (χ4v) is 2.04. The molecule has 0 radical (unpaired) electrons. The summed E-state index contributed by atoms with van der Waals surface area (Å²) in [5.41, 5.74) is 3.80. The Hall–Kier alpha value is -1.50. The summed E-state index contributed by atoms with van der Waals surface area (Å²) in [6, 6.07) is 10.5. The maximum absolute atomic E-state index is 4.10. The molecule has 1 unspecified atom stereocenters. The van der Waals surface area contributed by atoms with Gasteiger partial charge in [0.25, 0.3) is 0 Å². The molecule has 1 nitrogen and oxygen atoms in total. The van der Waals surface area contributed by atoms with E-state index in [2.05, 4.69) is 75.6 Å². The summed E-state index contributed by atoms with van der Waals surface area (Å²) < 4.78 is 0. The largest absolute Gasteiger partial charge is 0.371 e. The lowest BCUT2D eigenvalue weighted by Gasteiger charge is -2.28. The van der Waals surface area contributed by atoms with Gasteiger partial charge in [0.05, 0.1) is 0 Å². The van der Waals surface area contributed by atoms with Crippen LogP contribution in [0.25, 0.3) is 6.08 Å². The van der Waals surface area contributed by atoms with E-state index in [1.165, 1.54) is 17.6 Å². The van der Waals surface area contributed by atoms with E-state index in [0.717, 1.165) is 18.8 Å². The molecule has 0 saturated carbocycles. The second-order valence-electron chi connectivity index (χ2n) is 5.53. The summed E-state index contributed by atoms with van der Waals surface area (Å²) in [4.78, 5) is 2.38. The van der Waals surface area contributed by atoms with E-state index in [9.17, 15) is 0 Å². The third kappa shape index (κ3) is 5.78. The molecule has 0 amide bonds. The van der Waals surface area contributed by atoms with Crippen molar-refractivity contribution in [2.45, 2.75) is 34.1 Å². The molecule has 0 aliphatic rings. The smallest absolute Gasteiger partial charge is 0.0386 e. The first-order valence-electron chi connectivity index (χ1n) is 7.15. The Morgan fingerprint density at radius 3 is 2.42 bits per heavy atom. The van der Waals surface area contributed by atoms with Crippen LogP contribution in [-0.4, -0.2) is 18.0 Å². The lowest BCUT2D eigenvalue weighted by molar-refractivity contribution is 0.312. The zero-order valence-corrected chi connectivity index (χ0v) is 12.8. The highest BCUT2D eigenvalue weighted by atomic mass is 15.1. The lowest BCUT2D eigenvalue weighted by atomic mass is 10.1. The molecule has 0 bridgehead atoms. The molecule has 0 aromatic heterocycles. The van der Waals surface area contributed by atoms with Gasteiger partial charge in [0, 0.05) is 18.8 Å². The van der Waals surface area contributed by atoms with Crippen molar-refractivity contribution in [3.63, 3.8) is 0 Å². The van der Waals surface area contributed by atoms with E-state index >= 15 is 0 Å². The van der Waals surface area contributed by atoms with Crippen molar-refractivity contribution >= 4 is 6.08 Å². The quantitative estimate of drug-likeness (QED) is 0.666. The summed E-state index contributed by atoms with van der Waals surface area (Å²) in [5.74, 6) is 0.709. The molecule has 1 atom stereocenters. The summed E-state index contributed by atoms with van der Waals surface area (Å²) >= 11 is 0. The first kappa shape index (κ1) is 15.6. The molecule has 104 valence electrons. The fourth-order valence-electron chi connectivity index (χ4n) is 2.04. The summed E-state index contributed by atoms with van der Waals surface area (Å²) in [5, 5.41) is 0. The van der Waals surface area contributed by atoms with Gasteiger partial charge in [-0.25, -0.2) is 0 Å². The summed E-state index contributed by atoms with van der Waals surface area (Å²) in [6.07, 6.45) is 3.47. The summed E-state index contributed by atoms with van der Waals surface area (Å²) in [6.45, 7) is 15.0. The molecule has 1 aromatic carbocycles. The normalized spacial score (nSPS) is 13.2. The van der Waals surface area contributed by atoms with Gasteiger partial charge in [0.15, 0.2) is 0 Å². The molecule has 0 saturated heterocycles. The molecule has 0 fully saturated rings. The van der Waals surface area contributed by atoms with Crippen LogP contribution in [0.15, 0.2) is 48.2 Å². The van der Waals surface area contributed by atoms with E-state index in [0.29, 0.717) is 5.92 Å². The third-order valence-corrected chi connectivity index (χ3v) is 3.42. The predicted octanol–water partition coefficient (Wildman–Crippen LogP) is 4.97. The molecular weight excluding hydrogens is 230 g/mol. The minimum atomic E-state index is 0.709. The molecule has 0 N–H and O–H groups in total. The van der Waals surface area contributed by atoms with E-state index in [4.69, 9.17) is 0 Å². The monoisotopic (exact) mass is 257 g/mol. The Morgan fingerprint density at radius 2 is 1.89 bits per heavy atom. The zero-order chi connectivity index (χ0) is 14.3. The van der Waals surface area contributed by atoms with Crippen LogP contribution in [0.5, 0.6) is 0 Å². The Kier molecular flexibility index (Phi) is 6.41. The molecule has 0 heterocycles. The number of nitrogens with zero attached hydrogens (tertiary/aromatic N) is 1. The number of hydrogen-bond acceptors (Lipinski definition) is 1. The number of rotatable bonds is 7. The Labute approximate surface area is 118 Å². The molecule has 1 aromatic rings. The van der Waals surface area contributed by atoms with E-state index in [1.807, 2.05) is 0 Å². The van der Waals surface area contributed by atoms with Gasteiger partial charge >= 0.3 is 0 Å². The minimum absolute atomic E-state index is 0.709. The number of allylic oxidation sites excluding steroid dienone is 1. The molecule has 0 aliphatic carbocycles. The molecular formula is C18H27N. The molecule has 0 spiro atoms. The van der Waals surface area contributed by atoms with Crippen molar-refractivity contribution in [1.82, 2.24) is 4.90 Å². The van der Waals surface area contributed by atoms with Crippen LogP contribution in [0.2, 0.25) is 0 Å². The molecule has 19 heavy (non-hydrogen) atoms. The van der Waals surface area contributed by atoms with Crippen molar-refractivity contribution in [2.75, 3.05) is 13.1 Å². The van der Waals surface area contributed by atoms with Crippen molar-refractivity contribution in [3.8, 4) is 0 Å². The average molecular weight is 257 g/mol. The maximum Gasteiger partial charge on any atom is 0.0386 e. The highest BCUT2D eigenvalue weighted by Crippen LogP contribution is 2.13. The van der Waals surface area contributed by atoms with E-state index in [-0.39, 0.29) is 0 Å². The van der Waals surface area contributed by atoms with Crippen LogP contribution in [0, 0.1) is 5.92 Å². The molecule has 1 rings (SSSR count). The number of benzene rings is 1. The minimum Gasteiger partial charge on any atom is -0.371 e. The molecule has 0 aliphatic heterocycles. The van der Waals surface area contributed by atoms with Crippen LogP contribution >= 0.6 is 0 Å². The van der Waals surface area contributed by atoms with Gasteiger partial charge in [-0.05, 0) is 25.3 Å². The third-order valence-electron chi connectivity index (χ3n) is 3.42. The van der Waals surface area contributed by atoms with Crippen LogP contribution in [0.4, 0.5) is 0 Å². The maximum atomic E-state index is 4.10. The van der Waals surface area contributed by atoms with E-state index < -0.39 is 0 Å². The highest BCUT2D eigenvalue weighted by Gasteiger charge is 2.08. The van der Waals surface area contributed by atoms with Gasteiger partial charge in [-0.3, -0.25) is 0 Å². The van der Waals surface area contributed by atoms with Gasteiger partial charge in [-0.15, -0.1) is 0 Å². The fraction of sp³-hybridized carbons (Fsp3) is 0.444. The second-order valence-corrected chi connectivity index (χ2v) is 5.53. The Bertz CT molecular complexity index is 417. The van der Waals surface area contributed by atoms with Crippen LogP contribution in [0.1, 0.15) is 39.7 Å². The van der Waals surface area contributed by atoms with Crippen molar-refractivity contribution in [1.29, 1.82) is 0 Å². The summed E-state index contributed by atoms with van der Waals surface area (Å²) in [7, 11) is 0. The SMILES string of the molecule is C=C(C)N(C/C(C)=C/c1ccccc1)CC(C)CC. The van der Waals surface area contributed by atoms with Gasteiger partial charge < -0.3 is 4.90 Å². The van der Waals surface area contributed by atoms with Crippen LogP contribution in [-0.2, 0) is 0 Å². The highest BCUT2D eigenvalue weighted by molar-refractivity contribution is 5.52.